The van der Waals surface area contributed by atoms with Gasteiger partial charge in [0.05, 0.1) is 6.04 Å². The summed E-state index contributed by atoms with van der Waals surface area (Å²) in [4.78, 5) is 7.12. The lowest BCUT2D eigenvalue weighted by molar-refractivity contribution is 0.0573. The summed E-state index contributed by atoms with van der Waals surface area (Å²) in [5.41, 5.74) is 3.10. The van der Waals surface area contributed by atoms with E-state index in [4.69, 9.17) is 5.84 Å². The number of aromatic nitrogens is 2. The van der Waals surface area contributed by atoms with Gasteiger partial charge in [-0.25, -0.2) is 10.4 Å². The number of aryl methyl sites for hydroxylation is 1. The minimum absolute atomic E-state index is 0.0599. The van der Waals surface area contributed by atoms with Crippen molar-refractivity contribution >= 4 is 0 Å². The van der Waals surface area contributed by atoms with Crippen LogP contribution >= 0.6 is 0 Å². The molecular weight excluding hydrogens is 238 g/mol. The van der Waals surface area contributed by atoms with Gasteiger partial charge in [-0.1, -0.05) is 13.8 Å². The Morgan fingerprint density at radius 2 is 2.00 bits per heavy atom. The van der Waals surface area contributed by atoms with Gasteiger partial charge in [0.15, 0.2) is 0 Å². The summed E-state index contributed by atoms with van der Waals surface area (Å²) in [5.74, 6) is 6.93. The van der Waals surface area contributed by atoms with Gasteiger partial charge in [0, 0.05) is 25.0 Å². The molecule has 1 aromatic heterocycles. The van der Waals surface area contributed by atoms with E-state index in [0.717, 1.165) is 18.7 Å². The number of hydrazine groups is 1. The van der Waals surface area contributed by atoms with Crippen LogP contribution in [0.5, 0.6) is 0 Å². The van der Waals surface area contributed by atoms with E-state index in [2.05, 4.69) is 33.7 Å². The standard InChI is InChI=1S/C14H27N5/c1-4-14(5-2,19-9-6-7-10-19)12(17-15)13-16-8-11-18(13)3/h8,11-12,17H,4-7,9-10,15H2,1-3H3. The van der Waals surface area contributed by atoms with Crippen molar-refractivity contribution in [3.8, 4) is 0 Å². The van der Waals surface area contributed by atoms with Crippen LogP contribution in [0.25, 0.3) is 0 Å². The van der Waals surface area contributed by atoms with E-state index in [1.165, 1.54) is 25.9 Å². The van der Waals surface area contributed by atoms with Crippen molar-refractivity contribution < 1.29 is 0 Å². The van der Waals surface area contributed by atoms with Gasteiger partial charge < -0.3 is 4.57 Å². The summed E-state index contributed by atoms with van der Waals surface area (Å²) < 4.78 is 2.07. The quantitative estimate of drug-likeness (QED) is 0.605. The molecule has 1 saturated heterocycles. The van der Waals surface area contributed by atoms with Crippen molar-refractivity contribution in [3.05, 3.63) is 18.2 Å². The first kappa shape index (κ1) is 14.5. The highest BCUT2D eigenvalue weighted by atomic mass is 15.3. The Balaban J connectivity index is 2.37. The van der Waals surface area contributed by atoms with Crippen molar-refractivity contribution in [2.45, 2.75) is 51.1 Å². The maximum Gasteiger partial charge on any atom is 0.128 e. The van der Waals surface area contributed by atoms with Gasteiger partial charge in [-0.2, -0.15) is 0 Å². The van der Waals surface area contributed by atoms with E-state index in [-0.39, 0.29) is 11.6 Å². The largest absolute Gasteiger partial charge is 0.337 e. The SMILES string of the molecule is CCC(CC)(C(NN)c1nccn1C)N1CCCC1. The molecule has 5 nitrogen and oxygen atoms in total. The van der Waals surface area contributed by atoms with Crippen LogP contribution in [0.2, 0.25) is 0 Å². The van der Waals surface area contributed by atoms with E-state index in [9.17, 15) is 0 Å². The number of rotatable bonds is 6. The van der Waals surface area contributed by atoms with Crippen molar-refractivity contribution in [1.29, 1.82) is 0 Å². The van der Waals surface area contributed by atoms with Crippen molar-refractivity contribution in [1.82, 2.24) is 19.9 Å². The van der Waals surface area contributed by atoms with Gasteiger partial charge in [0.1, 0.15) is 5.82 Å². The first-order valence-electron chi connectivity index (χ1n) is 7.38. The van der Waals surface area contributed by atoms with Gasteiger partial charge in [0.2, 0.25) is 0 Å². The van der Waals surface area contributed by atoms with Crippen LogP contribution in [0, 0.1) is 0 Å². The Bertz CT molecular complexity index is 390. The summed E-state index contributed by atoms with van der Waals surface area (Å²) >= 11 is 0. The van der Waals surface area contributed by atoms with Gasteiger partial charge in [-0.15, -0.1) is 0 Å². The number of nitrogens with one attached hydrogen (secondary N) is 1. The maximum absolute atomic E-state index is 5.91. The molecule has 0 bridgehead atoms. The maximum atomic E-state index is 5.91. The van der Waals surface area contributed by atoms with E-state index in [1.54, 1.807) is 0 Å². The third-order valence-corrected chi connectivity index (χ3v) is 4.78. The van der Waals surface area contributed by atoms with Crippen LogP contribution in [0.3, 0.4) is 0 Å². The van der Waals surface area contributed by atoms with Crippen LogP contribution in [-0.2, 0) is 7.05 Å². The molecule has 0 aliphatic carbocycles. The first-order chi connectivity index (χ1) is 9.19. The fraction of sp³-hybridized carbons (Fsp3) is 0.786. The second-order valence-electron chi connectivity index (χ2n) is 5.50. The summed E-state index contributed by atoms with van der Waals surface area (Å²) in [6.07, 6.45) is 8.56. The van der Waals surface area contributed by atoms with Crippen LogP contribution < -0.4 is 11.3 Å². The third-order valence-electron chi connectivity index (χ3n) is 4.78. The molecule has 1 aliphatic rings. The molecule has 19 heavy (non-hydrogen) atoms. The second kappa shape index (κ2) is 6.03. The normalized spacial score (nSPS) is 18.9. The third kappa shape index (κ3) is 2.42. The number of hydrogen-bond acceptors (Lipinski definition) is 4. The molecule has 2 rings (SSSR count). The Hall–Kier alpha value is -0.910. The molecule has 1 aromatic rings. The fourth-order valence-corrected chi connectivity index (χ4v) is 3.58. The minimum Gasteiger partial charge on any atom is -0.337 e. The molecule has 0 aromatic carbocycles. The molecule has 0 spiro atoms. The summed E-state index contributed by atoms with van der Waals surface area (Å²) in [7, 11) is 2.03. The lowest BCUT2D eigenvalue weighted by atomic mass is 9.82. The Labute approximate surface area is 116 Å². The molecule has 5 heteroatoms. The molecule has 108 valence electrons. The average molecular weight is 265 g/mol. The average Bonchev–Trinajstić information content (AvgIpc) is 3.08. The van der Waals surface area contributed by atoms with Crippen molar-refractivity contribution in [2.24, 2.45) is 12.9 Å². The molecule has 1 fully saturated rings. The fourth-order valence-electron chi connectivity index (χ4n) is 3.58. The second-order valence-corrected chi connectivity index (χ2v) is 5.50. The van der Waals surface area contributed by atoms with Crippen molar-refractivity contribution in [2.75, 3.05) is 13.1 Å². The highest BCUT2D eigenvalue weighted by Gasteiger charge is 2.44. The Morgan fingerprint density at radius 3 is 2.42 bits per heavy atom. The Morgan fingerprint density at radius 1 is 1.37 bits per heavy atom. The van der Waals surface area contributed by atoms with Gasteiger partial charge in [0.25, 0.3) is 0 Å². The molecule has 3 N–H and O–H groups in total. The summed E-state index contributed by atoms with van der Waals surface area (Å²) in [6, 6.07) is 0.0700. The van der Waals surface area contributed by atoms with Crippen LogP contribution in [0.4, 0.5) is 0 Å². The molecule has 1 atom stereocenters. The molecule has 2 heterocycles. The topological polar surface area (TPSA) is 59.1 Å². The molecule has 1 unspecified atom stereocenters. The molecule has 0 amide bonds. The first-order valence-corrected chi connectivity index (χ1v) is 7.38. The molecule has 0 radical (unpaired) electrons. The van der Waals surface area contributed by atoms with E-state index < -0.39 is 0 Å². The number of imidazole rings is 1. The lowest BCUT2D eigenvalue weighted by Crippen LogP contribution is -2.57. The summed E-state index contributed by atoms with van der Waals surface area (Å²) in [5, 5.41) is 0. The van der Waals surface area contributed by atoms with Gasteiger partial charge in [-0.05, 0) is 38.8 Å². The zero-order valence-corrected chi connectivity index (χ0v) is 12.4. The van der Waals surface area contributed by atoms with Crippen LogP contribution in [0.1, 0.15) is 51.4 Å². The number of nitrogens with two attached hydrogens (primary N) is 1. The highest BCUT2D eigenvalue weighted by Crippen LogP contribution is 2.38. The molecule has 1 aliphatic heterocycles. The van der Waals surface area contributed by atoms with Gasteiger partial charge in [-0.3, -0.25) is 10.7 Å². The van der Waals surface area contributed by atoms with E-state index in [0.29, 0.717) is 0 Å². The summed E-state index contributed by atoms with van der Waals surface area (Å²) in [6.45, 7) is 6.86. The van der Waals surface area contributed by atoms with Crippen LogP contribution in [-0.4, -0.2) is 33.1 Å². The van der Waals surface area contributed by atoms with E-state index in [1.807, 2.05) is 19.4 Å². The van der Waals surface area contributed by atoms with Gasteiger partial charge >= 0.3 is 0 Å². The minimum atomic E-state index is 0.0599. The van der Waals surface area contributed by atoms with Crippen molar-refractivity contribution in [3.63, 3.8) is 0 Å². The predicted molar refractivity (Wildman–Crippen MR) is 77.4 cm³/mol. The Kier molecular flexibility index (Phi) is 4.60. The molecular formula is C14H27N5. The van der Waals surface area contributed by atoms with E-state index >= 15 is 0 Å². The number of nitrogens with zero attached hydrogens (tertiary/aromatic N) is 3. The molecule has 0 saturated carbocycles. The van der Waals surface area contributed by atoms with Crippen LogP contribution in [0.15, 0.2) is 12.4 Å². The zero-order valence-electron chi connectivity index (χ0n) is 12.4. The zero-order chi connectivity index (χ0) is 13.9. The predicted octanol–water partition coefficient (Wildman–Crippen LogP) is 1.58. The number of likely N-dealkylation sites (tertiary alicyclic amines) is 1. The number of hydrogen-bond donors (Lipinski definition) is 2. The smallest absolute Gasteiger partial charge is 0.128 e. The highest BCUT2D eigenvalue weighted by molar-refractivity contribution is 5.10. The monoisotopic (exact) mass is 265 g/mol. The lowest BCUT2D eigenvalue weighted by Gasteiger charge is -2.46.